The molecule has 1 aliphatic rings. The van der Waals surface area contributed by atoms with Crippen molar-refractivity contribution < 1.29 is 49.3 Å². The van der Waals surface area contributed by atoms with Crippen LogP contribution in [0, 0.1) is 0 Å². The van der Waals surface area contributed by atoms with Crippen molar-refractivity contribution in [2.24, 2.45) is 0 Å². The van der Waals surface area contributed by atoms with Crippen LogP contribution in [0.5, 0.6) is 0 Å². The van der Waals surface area contributed by atoms with Gasteiger partial charge in [-0.3, -0.25) is 9.59 Å². The molecule has 0 aromatic heterocycles. The summed E-state index contributed by atoms with van der Waals surface area (Å²) in [6.45, 7) is 4.09. The molecule has 11 nitrogen and oxygen atoms in total. The lowest BCUT2D eigenvalue weighted by Crippen LogP contribution is -2.60. The summed E-state index contributed by atoms with van der Waals surface area (Å²) in [5.41, 5.74) is 0. The molecule has 6 N–H and O–H groups in total. The maximum absolute atomic E-state index is 12.9. The van der Waals surface area contributed by atoms with E-state index in [1.807, 2.05) is 18.2 Å². The SMILES string of the molecule is CC/C=C/CC/C=C/CC/C=C/C(O)C(COC1OC(CO)C(O)C(O)C1O)NC(=O)CC/C=C\C/C=C\CCCCCCCCOC(=O)CCCCCCCCCCCCCCCCCC. The van der Waals surface area contributed by atoms with Crippen LogP contribution < -0.4 is 5.32 Å². The second kappa shape index (κ2) is 45.8. The number of allylic oxidation sites excluding steroid dienone is 9. The van der Waals surface area contributed by atoms with E-state index in [4.69, 9.17) is 14.2 Å². The quantitative estimate of drug-likeness (QED) is 0.0196. The molecule has 0 aliphatic carbocycles. The van der Waals surface area contributed by atoms with Crippen LogP contribution in [0.3, 0.4) is 0 Å². The summed E-state index contributed by atoms with van der Waals surface area (Å²) in [5.74, 6) is -0.320. The van der Waals surface area contributed by atoms with Crippen molar-refractivity contribution in [1.29, 1.82) is 0 Å². The van der Waals surface area contributed by atoms with Crippen LogP contribution in [0.15, 0.2) is 60.8 Å². The predicted octanol–water partition coefficient (Wildman–Crippen LogP) is 11.5. The minimum absolute atomic E-state index is 0.0389. The third kappa shape index (κ3) is 36.0. The highest BCUT2D eigenvalue weighted by molar-refractivity contribution is 5.76. The Labute approximate surface area is 408 Å². The molecule has 7 unspecified atom stereocenters. The fourth-order valence-corrected chi connectivity index (χ4v) is 8.05. The van der Waals surface area contributed by atoms with Gasteiger partial charge in [-0.15, -0.1) is 0 Å². The number of hydrogen-bond donors (Lipinski definition) is 6. The Balaban J connectivity index is 2.16. The van der Waals surface area contributed by atoms with Crippen molar-refractivity contribution in [2.45, 2.75) is 262 Å². The summed E-state index contributed by atoms with van der Waals surface area (Å²) in [6, 6.07) is -0.878. The molecule has 0 aromatic rings. The summed E-state index contributed by atoms with van der Waals surface area (Å²) in [4.78, 5) is 25.0. The Morgan fingerprint density at radius 3 is 1.66 bits per heavy atom. The lowest BCUT2D eigenvalue weighted by molar-refractivity contribution is -0.302. The van der Waals surface area contributed by atoms with Gasteiger partial charge in [0.15, 0.2) is 6.29 Å². The van der Waals surface area contributed by atoms with E-state index in [2.05, 4.69) is 55.6 Å². The third-order valence-corrected chi connectivity index (χ3v) is 12.4. The zero-order valence-corrected chi connectivity index (χ0v) is 42.3. The number of carbonyl (C=O) groups is 2. The summed E-state index contributed by atoms with van der Waals surface area (Å²) in [6.07, 6.45) is 47.7. The molecule has 1 amide bonds. The van der Waals surface area contributed by atoms with Crippen molar-refractivity contribution >= 4 is 11.9 Å². The van der Waals surface area contributed by atoms with Gasteiger partial charge in [-0.2, -0.15) is 0 Å². The van der Waals surface area contributed by atoms with Crippen LogP contribution >= 0.6 is 0 Å². The minimum Gasteiger partial charge on any atom is -0.466 e. The number of ether oxygens (including phenoxy) is 3. The molecular formula is C56H99NO10. The average Bonchev–Trinajstić information content (AvgIpc) is 3.32. The first-order valence-corrected chi connectivity index (χ1v) is 27.1. The van der Waals surface area contributed by atoms with Gasteiger partial charge in [-0.05, 0) is 70.6 Å². The molecule has 1 saturated heterocycles. The Bertz CT molecular complexity index is 1300. The largest absolute Gasteiger partial charge is 0.466 e. The molecule has 0 aromatic carbocycles. The molecule has 0 spiro atoms. The van der Waals surface area contributed by atoms with Gasteiger partial charge in [0.25, 0.3) is 0 Å². The fraction of sp³-hybridized carbons (Fsp3) is 0.786. The van der Waals surface area contributed by atoms with Gasteiger partial charge in [0.05, 0.1) is 32.0 Å². The monoisotopic (exact) mass is 946 g/mol. The van der Waals surface area contributed by atoms with Crippen LogP contribution in [0.2, 0.25) is 0 Å². The Morgan fingerprint density at radius 1 is 0.567 bits per heavy atom. The van der Waals surface area contributed by atoms with E-state index >= 15 is 0 Å². The first kappa shape index (κ1) is 62.4. The summed E-state index contributed by atoms with van der Waals surface area (Å²) < 4.78 is 16.6. The number of hydrogen-bond acceptors (Lipinski definition) is 10. The summed E-state index contributed by atoms with van der Waals surface area (Å²) in [7, 11) is 0. The van der Waals surface area contributed by atoms with Gasteiger partial charge >= 0.3 is 5.97 Å². The first-order valence-electron chi connectivity index (χ1n) is 27.1. The predicted molar refractivity (Wildman–Crippen MR) is 273 cm³/mol. The number of aliphatic hydroxyl groups is 5. The molecule has 1 rings (SSSR count). The summed E-state index contributed by atoms with van der Waals surface area (Å²) >= 11 is 0. The van der Waals surface area contributed by atoms with Crippen LogP contribution in [0.4, 0.5) is 0 Å². The van der Waals surface area contributed by atoms with Crippen molar-refractivity contribution in [3.63, 3.8) is 0 Å². The molecule has 1 aliphatic heterocycles. The highest BCUT2D eigenvalue weighted by Crippen LogP contribution is 2.23. The van der Waals surface area contributed by atoms with Gasteiger partial charge in [0.1, 0.15) is 24.4 Å². The second-order valence-corrected chi connectivity index (χ2v) is 18.5. The maximum atomic E-state index is 12.9. The normalized spacial score (nSPS) is 20.0. The highest BCUT2D eigenvalue weighted by atomic mass is 16.7. The van der Waals surface area contributed by atoms with Crippen LogP contribution in [0.25, 0.3) is 0 Å². The van der Waals surface area contributed by atoms with E-state index in [9.17, 15) is 35.1 Å². The first-order chi connectivity index (χ1) is 32.7. The number of nitrogens with one attached hydrogen (secondary N) is 1. The fourth-order valence-electron chi connectivity index (χ4n) is 8.05. The van der Waals surface area contributed by atoms with Gasteiger partial charge in [-0.25, -0.2) is 0 Å². The standard InChI is InChI=1S/C56H99NO10/c1-3-5-7-9-11-13-15-16-17-18-21-24-28-32-36-40-44-52(61)65-45-41-37-33-29-25-22-19-20-23-27-31-35-39-43-51(60)57-48(47-66-56-55(64)54(63)53(62)50(46-58)67-56)49(59)42-38-34-30-26-14-12-10-8-6-4-2/h6,8,14,20,23,26,31,35,38,42,48-50,53-56,58-59,62-64H,3-5,7,9-13,15-19,21-22,24-25,27-30,32-34,36-37,39-41,43-47H2,1-2H3,(H,57,60)/b8-6+,23-20-,26-14+,35-31-,42-38+. The van der Waals surface area contributed by atoms with Gasteiger partial charge in [0, 0.05) is 12.8 Å². The second-order valence-electron chi connectivity index (χ2n) is 18.5. The van der Waals surface area contributed by atoms with Gasteiger partial charge in [0.2, 0.25) is 5.91 Å². The summed E-state index contributed by atoms with van der Waals surface area (Å²) in [5, 5.41) is 54.0. The smallest absolute Gasteiger partial charge is 0.305 e. The van der Waals surface area contributed by atoms with Crippen LogP contribution in [-0.2, 0) is 23.8 Å². The number of unbranched alkanes of at least 4 members (excludes halogenated alkanes) is 23. The zero-order valence-electron chi connectivity index (χ0n) is 42.3. The molecule has 11 heteroatoms. The highest BCUT2D eigenvalue weighted by Gasteiger charge is 2.44. The molecule has 0 saturated carbocycles. The Kier molecular flexibility index (Phi) is 42.6. The lowest BCUT2D eigenvalue weighted by atomic mass is 9.99. The Hall–Kier alpha value is -2.64. The van der Waals surface area contributed by atoms with Crippen molar-refractivity contribution in [1.82, 2.24) is 5.32 Å². The van der Waals surface area contributed by atoms with Crippen LogP contribution in [0.1, 0.15) is 219 Å². The van der Waals surface area contributed by atoms with E-state index in [-0.39, 0.29) is 24.9 Å². The molecule has 0 radical (unpaired) electrons. The third-order valence-electron chi connectivity index (χ3n) is 12.4. The minimum atomic E-state index is -1.60. The molecule has 67 heavy (non-hydrogen) atoms. The van der Waals surface area contributed by atoms with Gasteiger partial charge in [-0.1, -0.05) is 197 Å². The Morgan fingerprint density at radius 2 is 1.07 bits per heavy atom. The molecule has 7 atom stereocenters. The molecule has 0 bridgehead atoms. The molecule has 1 fully saturated rings. The van der Waals surface area contributed by atoms with E-state index in [0.29, 0.717) is 25.9 Å². The zero-order chi connectivity index (χ0) is 48.8. The van der Waals surface area contributed by atoms with E-state index in [0.717, 1.165) is 77.0 Å². The number of rotatable bonds is 45. The molecule has 388 valence electrons. The van der Waals surface area contributed by atoms with E-state index in [1.165, 1.54) is 103 Å². The molecular weight excluding hydrogens is 847 g/mol. The maximum Gasteiger partial charge on any atom is 0.305 e. The topological polar surface area (TPSA) is 175 Å². The van der Waals surface area contributed by atoms with Gasteiger partial charge < -0.3 is 45.1 Å². The number of aliphatic hydroxyl groups excluding tert-OH is 5. The van der Waals surface area contributed by atoms with E-state index < -0.39 is 49.5 Å². The number of esters is 1. The number of carbonyl (C=O) groups excluding carboxylic acids is 2. The number of amides is 1. The van der Waals surface area contributed by atoms with Crippen molar-refractivity contribution in [2.75, 3.05) is 19.8 Å². The lowest BCUT2D eigenvalue weighted by Gasteiger charge is -2.40. The van der Waals surface area contributed by atoms with E-state index in [1.54, 1.807) is 6.08 Å². The van der Waals surface area contributed by atoms with Crippen molar-refractivity contribution in [3.8, 4) is 0 Å². The average molecular weight is 946 g/mol. The van der Waals surface area contributed by atoms with Crippen LogP contribution in [-0.4, -0.2) is 100 Å². The molecule has 1 heterocycles. The van der Waals surface area contributed by atoms with Crippen molar-refractivity contribution in [3.05, 3.63) is 60.8 Å².